The summed E-state index contributed by atoms with van der Waals surface area (Å²) in [5.74, 6) is 0.310. The maximum atomic E-state index is 13.2. The Labute approximate surface area is 111 Å². The van der Waals surface area contributed by atoms with Crippen LogP contribution in [0, 0.1) is 19.7 Å². The largest absolute Gasteiger partial charge is 0.233 e. The smallest absolute Gasteiger partial charge is 0.161 e. The first-order chi connectivity index (χ1) is 8.52. The fraction of sp³-hybridized carbons (Fsp3) is 0.286. The van der Waals surface area contributed by atoms with Crippen molar-refractivity contribution in [2.75, 3.05) is 0 Å². The lowest BCUT2D eigenvalue weighted by Gasteiger charge is -2.08. The van der Waals surface area contributed by atoms with Gasteiger partial charge in [-0.15, -0.1) is 0 Å². The number of nitrogens with zero attached hydrogens (tertiary/aromatic N) is 2. The summed E-state index contributed by atoms with van der Waals surface area (Å²) < 4.78 is 13.2. The van der Waals surface area contributed by atoms with E-state index in [1.54, 1.807) is 19.1 Å². The van der Waals surface area contributed by atoms with Gasteiger partial charge in [0.2, 0.25) is 0 Å². The van der Waals surface area contributed by atoms with Crippen molar-refractivity contribution in [2.45, 2.75) is 27.2 Å². The van der Waals surface area contributed by atoms with Gasteiger partial charge in [0.1, 0.15) is 11.0 Å². The van der Waals surface area contributed by atoms with Crippen LogP contribution in [0.4, 0.5) is 4.39 Å². The molecule has 4 heteroatoms. The number of hydrogen-bond acceptors (Lipinski definition) is 2. The summed E-state index contributed by atoms with van der Waals surface area (Å²) in [6, 6.07) is 4.82. The number of halogens is 2. The summed E-state index contributed by atoms with van der Waals surface area (Å²) in [6.07, 6.45) is 0.799. The van der Waals surface area contributed by atoms with Crippen molar-refractivity contribution in [2.24, 2.45) is 0 Å². The van der Waals surface area contributed by atoms with Crippen molar-refractivity contribution in [3.8, 4) is 11.4 Å². The van der Waals surface area contributed by atoms with E-state index in [0.29, 0.717) is 16.5 Å². The van der Waals surface area contributed by atoms with Crippen LogP contribution < -0.4 is 0 Å². The second-order valence-corrected chi connectivity index (χ2v) is 4.58. The third-order valence-corrected chi connectivity index (χ3v) is 3.25. The molecule has 0 aliphatic heterocycles. The number of aryl methyl sites for hydroxylation is 2. The predicted octanol–water partition coefficient (Wildman–Crippen LogP) is 4.12. The zero-order valence-electron chi connectivity index (χ0n) is 10.6. The molecule has 1 aromatic carbocycles. The second kappa shape index (κ2) is 5.02. The quantitative estimate of drug-likeness (QED) is 0.763. The molecule has 0 aliphatic rings. The Morgan fingerprint density at radius 3 is 2.50 bits per heavy atom. The predicted molar refractivity (Wildman–Crippen MR) is 71.3 cm³/mol. The second-order valence-electron chi connectivity index (χ2n) is 4.22. The minimum atomic E-state index is -0.230. The molecule has 0 radical (unpaired) electrons. The number of benzene rings is 1. The lowest BCUT2D eigenvalue weighted by molar-refractivity contribution is 0.618. The minimum absolute atomic E-state index is 0.230. The first-order valence-corrected chi connectivity index (χ1v) is 6.20. The molecule has 0 aliphatic carbocycles. The van der Waals surface area contributed by atoms with Crippen LogP contribution >= 0.6 is 11.6 Å². The topological polar surface area (TPSA) is 25.8 Å². The summed E-state index contributed by atoms with van der Waals surface area (Å²) in [6.45, 7) is 5.64. The standard InChI is InChI=1S/C14H14ClFN2/c1-4-11-9(3)17-14(18-13(11)15)10-5-6-12(16)8(2)7-10/h5-7H,4H2,1-3H3. The van der Waals surface area contributed by atoms with Crippen molar-refractivity contribution in [1.29, 1.82) is 0 Å². The SMILES string of the molecule is CCc1c(C)nc(-c2ccc(F)c(C)c2)nc1Cl. The zero-order valence-corrected chi connectivity index (χ0v) is 11.3. The molecule has 2 aromatic rings. The molecule has 0 fully saturated rings. The van der Waals surface area contributed by atoms with Crippen molar-refractivity contribution < 1.29 is 4.39 Å². The van der Waals surface area contributed by atoms with E-state index in [1.807, 2.05) is 13.8 Å². The van der Waals surface area contributed by atoms with E-state index >= 15 is 0 Å². The zero-order chi connectivity index (χ0) is 13.3. The van der Waals surface area contributed by atoms with Gasteiger partial charge >= 0.3 is 0 Å². The number of rotatable bonds is 2. The molecule has 0 unspecified atom stereocenters. The highest BCUT2D eigenvalue weighted by atomic mass is 35.5. The van der Waals surface area contributed by atoms with Gasteiger partial charge in [0.25, 0.3) is 0 Å². The van der Waals surface area contributed by atoms with Gasteiger partial charge in [-0.2, -0.15) is 0 Å². The first kappa shape index (κ1) is 13.0. The van der Waals surface area contributed by atoms with Gasteiger partial charge in [-0.05, 0) is 44.0 Å². The highest BCUT2D eigenvalue weighted by molar-refractivity contribution is 6.30. The molecule has 0 atom stereocenters. The van der Waals surface area contributed by atoms with Crippen LogP contribution in [0.2, 0.25) is 5.15 Å². The van der Waals surface area contributed by atoms with Crippen molar-refractivity contribution in [3.05, 3.63) is 46.0 Å². The monoisotopic (exact) mass is 264 g/mol. The third-order valence-electron chi connectivity index (χ3n) is 2.93. The van der Waals surface area contributed by atoms with Gasteiger partial charge in [0.05, 0.1) is 0 Å². The molecule has 0 N–H and O–H groups in total. The molecule has 0 saturated heterocycles. The molecule has 18 heavy (non-hydrogen) atoms. The molecule has 2 rings (SSSR count). The molecule has 1 heterocycles. The van der Waals surface area contributed by atoms with Gasteiger partial charge in [0.15, 0.2) is 5.82 Å². The molecule has 2 nitrogen and oxygen atoms in total. The lowest BCUT2D eigenvalue weighted by atomic mass is 10.1. The average Bonchev–Trinajstić information content (AvgIpc) is 2.32. The summed E-state index contributed by atoms with van der Waals surface area (Å²) >= 11 is 6.13. The van der Waals surface area contributed by atoms with Crippen LogP contribution in [0.3, 0.4) is 0 Å². The Hall–Kier alpha value is -1.48. The van der Waals surface area contributed by atoms with Crippen LogP contribution in [0.5, 0.6) is 0 Å². The Morgan fingerprint density at radius 1 is 1.22 bits per heavy atom. The van der Waals surface area contributed by atoms with E-state index in [0.717, 1.165) is 23.2 Å². The molecular weight excluding hydrogens is 251 g/mol. The van der Waals surface area contributed by atoms with Crippen molar-refractivity contribution >= 4 is 11.6 Å². The van der Waals surface area contributed by atoms with E-state index in [2.05, 4.69) is 9.97 Å². The molecule has 0 spiro atoms. The third kappa shape index (κ3) is 2.36. The van der Waals surface area contributed by atoms with E-state index in [-0.39, 0.29) is 5.82 Å². The molecule has 94 valence electrons. The fourth-order valence-electron chi connectivity index (χ4n) is 1.88. The maximum Gasteiger partial charge on any atom is 0.161 e. The molecule has 0 bridgehead atoms. The summed E-state index contributed by atoms with van der Waals surface area (Å²) in [5, 5.41) is 0.474. The van der Waals surface area contributed by atoms with Gasteiger partial charge in [-0.25, -0.2) is 14.4 Å². The fourth-order valence-corrected chi connectivity index (χ4v) is 2.23. The normalized spacial score (nSPS) is 10.7. The molecule has 0 saturated carbocycles. The van der Waals surface area contributed by atoms with Crippen LogP contribution in [0.25, 0.3) is 11.4 Å². The van der Waals surface area contributed by atoms with Crippen molar-refractivity contribution in [3.63, 3.8) is 0 Å². The molecule has 0 amide bonds. The van der Waals surface area contributed by atoms with Crippen LogP contribution in [0.1, 0.15) is 23.7 Å². The first-order valence-electron chi connectivity index (χ1n) is 5.82. The summed E-state index contributed by atoms with van der Waals surface area (Å²) in [4.78, 5) is 8.71. The maximum absolute atomic E-state index is 13.2. The van der Waals surface area contributed by atoms with E-state index in [9.17, 15) is 4.39 Å². The molecular formula is C14H14ClFN2. The van der Waals surface area contributed by atoms with E-state index in [4.69, 9.17) is 11.6 Å². The van der Waals surface area contributed by atoms with Crippen molar-refractivity contribution in [1.82, 2.24) is 9.97 Å². The van der Waals surface area contributed by atoms with Gasteiger partial charge in [0, 0.05) is 16.8 Å². The highest BCUT2D eigenvalue weighted by Crippen LogP contribution is 2.23. The summed E-state index contributed by atoms with van der Waals surface area (Å²) in [7, 11) is 0. The Balaban J connectivity index is 2.54. The van der Waals surface area contributed by atoms with Crippen LogP contribution in [0.15, 0.2) is 18.2 Å². The number of hydrogen-bond donors (Lipinski definition) is 0. The minimum Gasteiger partial charge on any atom is -0.233 e. The van der Waals surface area contributed by atoms with E-state index in [1.165, 1.54) is 6.07 Å². The van der Waals surface area contributed by atoms with Crippen LogP contribution in [-0.4, -0.2) is 9.97 Å². The van der Waals surface area contributed by atoms with Crippen LogP contribution in [-0.2, 0) is 6.42 Å². The number of aromatic nitrogens is 2. The average molecular weight is 265 g/mol. The Bertz CT molecular complexity index is 573. The van der Waals surface area contributed by atoms with Gasteiger partial charge in [-0.3, -0.25) is 0 Å². The Morgan fingerprint density at radius 2 is 1.94 bits per heavy atom. The lowest BCUT2D eigenvalue weighted by Crippen LogP contribution is -1.99. The Kier molecular flexibility index (Phi) is 3.62. The van der Waals surface area contributed by atoms with Gasteiger partial charge in [-0.1, -0.05) is 18.5 Å². The van der Waals surface area contributed by atoms with E-state index < -0.39 is 0 Å². The highest BCUT2D eigenvalue weighted by Gasteiger charge is 2.10. The molecule has 1 aromatic heterocycles. The van der Waals surface area contributed by atoms with Gasteiger partial charge < -0.3 is 0 Å². The summed E-state index contributed by atoms with van der Waals surface area (Å²) in [5.41, 5.74) is 3.18.